The molecule has 0 atom stereocenters. The lowest BCUT2D eigenvalue weighted by atomic mass is 9.90. The number of hydrazone groups is 1. The molecule has 0 aromatic heterocycles. The van der Waals surface area contributed by atoms with E-state index in [1.54, 1.807) is 48.5 Å². The third kappa shape index (κ3) is 5.30. The van der Waals surface area contributed by atoms with Crippen LogP contribution in [0.2, 0.25) is 0 Å². The van der Waals surface area contributed by atoms with Crippen LogP contribution in [0, 0.1) is 0 Å². The Morgan fingerprint density at radius 1 is 0.861 bits per heavy atom. The fourth-order valence-corrected chi connectivity index (χ4v) is 4.33. The van der Waals surface area contributed by atoms with Gasteiger partial charge in [0.25, 0.3) is 11.8 Å². The topological polar surface area (TPSA) is 89.0 Å². The Bertz CT molecular complexity index is 1360. The summed E-state index contributed by atoms with van der Waals surface area (Å²) < 4.78 is 10.8. The van der Waals surface area contributed by atoms with Gasteiger partial charge in [-0.1, -0.05) is 36.4 Å². The summed E-state index contributed by atoms with van der Waals surface area (Å²) >= 11 is 0. The zero-order valence-electron chi connectivity index (χ0n) is 20.0. The van der Waals surface area contributed by atoms with E-state index in [2.05, 4.69) is 28.0 Å². The second kappa shape index (κ2) is 10.5. The van der Waals surface area contributed by atoms with Crippen molar-refractivity contribution in [3.8, 4) is 11.5 Å². The van der Waals surface area contributed by atoms with Crippen molar-refractivity contribution in [3.63, 3.8) is 0 Å². The minimum Gasteiger partial charge on any atom is -0.454 e. The van der Waals surface area contributed by atoms with Crippen molar-refractivity contribution in [2.24, 2.45) is 5.10 Å². The molecule has 1 aliphatic carbocycles. The molecule has 7 heteroatoms. The summed E-state index contributed by atoms with van der Waals surface area (Å²) in [4.78, 5) is 26.0. The third-order valence-electron chi connectivity index (χ3n) is 6.33. The molecule has 182 valence electrons. The van der Waals surface area contributed by atoms with Gasteiger partial charge in [-0.2, -0.15) is 5.10 Å². The molecule has 3 aromatic rings. The van der Waals surface area contributed by atoms with E-state index in [-0.39, 0.29) is 12.5 Å². The number of carbonyl (C=O) groups is 2. The minimum absolute atomic E-state index is 0.0599. The van der Waals surface area contributed by atoms with Gasteiger partial charge in [-0.05, 0) is 91.3 Å². The number of aryl methyl sites for hydroxylation is 2. The Balaban J connectivity index is 1.38. The van der Waals surface area contributed by atoms with Crippen LogP contribution in [0.3, 0.4) is 0 Å². The largest absolute Gasteiger partial charge is 0.454 e. The molecule has 0 radical (unpaired) electrons. The summed E-state index contributed by atoms with van der Waals surface area (Å²) in [5, 5.41) is 7.05. The van der Waals surface area contributed by atoms with Crippen molar-refractivity contribution in [2.75, 3.05) is 6.79 Å². The highest BCUT2D eigenvalue weighted by atomic mass is 16.7. The molecule has 5 rings (SSSR count). The summed E-state index contributed by atoms with van der Waals surface area (Å²) in [7, 11) is 0. The molecule has 1 aliphatic heterocycles. The predicted molar refractivity (Wildman–Crippen MR) is 138 cm³/mol. The number of nitrogens with one attached hydrogen (secondary N) is 2. The second-order valence-electron chi connectivity index (χ2n) is 8.82. The van der Waals surface area contributed by atoms with Crippen LogP contribution in [0.5, 0.6) is 11.5 Å². The van der Waals surface area contributed by atoms with Gasteiger partial charge in [-0.25, -0.2) is 5.43 Å². The van der Waals surface area contributed by atoms with E-state index in [9.17, 15) is 9.59 Å². The number of carbonyl (C=O) groups excluding carboxylic acids is 2. The first-order valence-corrected chi connectivity index (χ1v) is 12.0. The highest BCUT2D eigenvalue weighted by molar-refractivity contribution is 6.06. The monoisotopic (exact) mass is 481 g/mol. The Morgan fingerprint density at radius 3 is 2.47 bits per heavy atom. The fraction of sp³-hybridized carbons (Fsp3) is 0.207. The van der Waals surface area contributed by atoms with Crippen molar-refractivity contribution in [1.82, 2.24) is 10.7 Å². The number of hydrogen-bond acceptors (Lipinski definition) is 5. The quantitative estimate of drug-likeness (QED) is 0.306. The van der Waals surface area contributed by atoms with Crippen molar-refractivity contribution in [3.05, 3.63) is 100 Å². The van der Waals surface area contributed by atoms with Crippen LogP contribution in [0.4, 0.5) is 0 Å². The van der Waals surface area contributed by atoms with Crippen LogP contribution in [0.25, 0.3) is 6.08 Å². The fourth-order valence-electron chi connectivity index (χ4n) is 4.33. The van der Waals surface area contributed by atoms with E-state index < -0.39 is 11.8 Å². The number of ether oxygens (including phenoxy) is 2. The van der Waals surface area contributed by atoms with Gasteiger partial charge >= 0.3 is 0 Å². The molecular weight excluding hydrogens is 454 g/mol. The van der Waals surface area contributed by atoms with Crippen LogP contribution >= 0.6 is 0 Å². The molecule has 0 fully saturated rings. The summed E-state index contributed by atoms with van der Waals surface area (Å²) in [6.45, 7) is 2.01. The molecule has 0 spiro atoms. The molecule has 0 bridgehead atoms. The SMILES string of the molecule is CC(=NNC(=O)C(=Cc1ccc2c(c1)OCO2)NC(=O)c1ccccc1)c1ccc2c(c1)CCCC2. The zero-order chi connectivity index (χ0) is 24.9. The minimum atomic E-state index is -0.533. The van der Waals surface area contributed by atoms with Crippen molar-refractivity contribution < 1.29 is 19.1 Å². The van der Waals surface area contributed by atoms with Crippen molar-refractivity contribution >= 4 is 23.6 Å². The lowest BCUT2D eigenvalue weighted by Crippen LogP contribution is -2.33. The van der Waals surface area contributed by atoms with Gasteiger partial charge in [0.1, 0.15) is 5.70 Å². The van der Waals surface area contributed by atoms with Crippen molar-refractivity contribution in [2.45, 2.75) is 32.6 Å². The predicted octanol–water partition coefficient (Wildman–Crippen LogP) is 4.61. The first-order chi connectivity index (χ1) is 17.6. The maximum atomic E-state index is 13.2. The van der Waals surface area contributed by atoms with E-state index in [4.69, 9.17) is 9.47 Å². The molecule has 2 N–H and O–H groups in total. The lowest BCUT2D eigenvalue weighted by Gasteiger charge is -2.16. The van der Waals surface area contributed by atoms with Gasteiger partial charge in [0, 0.05) is 5.56 Å². The van der Waals surface area contributed by atoms with E-state index in [0.717, 1.165) is 18.4 Å². The molecule has 2 amide bonds. The van der Waals surface area contributed by atoms with Crippen LogP contribution in [0.1, 0.15) is 52.4 Å². The Kier molecular flexibility index (Phi) is 6.80. The second-order valence-corrected chi connectivity index (χ2v) is 8.82. The molecule has 0 unspecified atom stereocenters. The van der Waals surface area contributed by atoms with Gasteiger partial charge in [-0.15, -0.1) is 0 Å². The molecule has 2 aliphatic rings. The molecule has 3 aromatic carbocycles. The van der Waals surface area contributed by atoms with E-state index in [1.165, 1.54) is 24.0 Å². The third-order valence-corrected chi connectivity index (χ3v) is 6.33. The highest BCUT2D eigenvalue weighted by Gasteiger charge is 2.17. The van der Waals surface area contributed by atoms with Crippen LogP contribution in [-0.2, 0) is 17.6 Å². The highest BCUT2D eigenvalue weighted by Crippen LogP contribution is 2.33. The van der Waals surface area contributed by atoms with Gasteiger partial charge < -0.3 is 14.8 Å². The average molecular weight is 482 g/mol. The van der Waals surface area contributed by atoms with Crippen LogP contribution in [0.15, 0.2) is 77.5 Å². The number of benzene rings is 3. The molecule has 36 heavy (non-hydrogen) atoms. The summed E-state index contributed by atoms with van der Waals surface area (Å²) in [5.41, 5.74) is 8.16. The number of hydrogen-bond donors (Lipinski definition) is 2. The molecule has 0 saturated carbocycles. The molecule has 1 heterocycles. The number of nitrogens with zero attached hydrogens (tertiary/aromatic N) is 1. The average Bonchev–Trinajstić information content (AvgIpc) is 3.39. The van der Waals surface area contributed by atoms with Gasteiger partial charge in [-0.3, -0.25) is 9.59 Å². The maximum absolute atomic E-state index is 13.2. The standard InChI is InChI=1S/C29H27N3O4/c1-19(23-13-12-21-7-5-6-10-24(21)17-23)31-32-29(34)25(30-28(33)22-8-3-2-4-9-22)15-20-11-14-26-27(16-20)36-18-35-26/h2-4,8-9,11-17H,5-7,10,18H2,1H3,(H,30,33)(H,32,34). The molecular formula is C29H27N3O4. The first kappa shape index (κ1) is 23.4. The Labute approximate surface area is 209 Å². The van der Waals surface area contributed by atoms with E-state index in [1.807, 2.05) is 19.1 Å². The van der Waals surface area contributed by atoms with E-state index >= 15 is 0 Å². The van der Waals surface area contributed by atoms with Gasteiger partial charge in [0.2, 0.25) is 6.79 Å². The molecule has 7 nitrogen and oxygen atoms in total. The zero-order valence-corrected chi connectivity index (χ0v) is 20.0. The summed E-state index contributed by atoms with van der Waals surface area (Å²) in [5.74, 6) is 0.290. The normalized spacial score (nSPS) is 14.7. The lowest BCUT2D eigenvalue weighted by molar-refractivity contribution is -0.117. The Hall–Kier alpha value is -4.39. The van der Waals surface area contributed by atoms with Crippen molar-refractivity contribution in [1.29, 1.82) is 0 Å². The van der Waals surface area contributed by atoms with Crippen LogP contribution < -0.4 is 20.2 Å². The van der Waals surface area contributed by atoms with E-state index in [0.29, 0.717) is 28.3 Å². The van der Waals surface area contributed by atoms with Crippen LogP contribution in [-0.4, -0.2) is 24.3 Å². The smallest absolute Gasteiger partial charge is 0.287 e. The number of fused-ring (bicyclic) bond motifs is 2. The first-order valence-electron chi connectivity index (χ1n) is 12.0. The maximum Gasteiger partial charge on any atom is 0.287 e. The van der Waals surface area contributed by atoms with Gasteiger partial charge in [0.05, 0.1) is 5.71 Å². The summed E-state index contributed by atoms with van der Waals surface area (Å²) in [6.07, 6.45) is 6.18. The Morgan fingerprint density at radius 2 is 1.64 bits per heavy atom. The number of rotatable bonds is 6. The molecule has 0 saturated heterocycles. The van der Waals surface area contributed by atoms with Gasteiger partial charge in [0.15, 0.2) is 11.5 Å². The summed E-state index contributed by atoms with van der Waals surface area (Å²) in [6, 6.07) is 20.4. The number of amides is 2.